The minimum absolute atomic E-state index is 0.000355. The Balaban J connectivity index is 1.27. The first-order valence-corrected chi connectivity index (χ1v) is 11.6. The molecule has 0 atom stereocenters. The summed E-state index contributed by atoms with van der Waals surface area (Å²) in [7, 11) is 0. The molecule has 6 nitrogen and oxygen atoms in total. The van der Waals surface area contributed by atoms with Crippen LogP contribution in [0.1, 0.15) is 48.9 Å². The van der Waals surface area contributed by atoms with Gasteiger partial charge in [-0.2, -0.15) is 0 Å². The number of nitrogens with zero attached hydrogens (tertiary/aromatic N) is 2. The number of rotatable bonds is 4. The summed E-state index contributed by atoms with van der Waals surface area (Å²) >= 11 is 1.55. The number of thioether (sulfide) groups is 1. The van der Waals surface area contributed by atoms with Crippen molar-refractivity contribution in [2.75, 3.05) is 6.26 Å². The van der Waals surface area contributed by atoms with E-state index in [9.17, 15) is 9.59 Å². The van der Waals surface area contributed by atoms with Crippen LogP contribution in [0.2, 0.25) is 0 Å². The van der Waals surface area contributed by atoms with Crippen molar-refractivity contribution in [1.82, 2.24) is 20.4 Å². The number of carbonyl (C=O) groups excluding carboxylic acids is 2. The van der Waals surface area contributed by atoms with Crippen LogP contribution in [0.5, 0.6) is 0 Å². The normalized spacial score (nSPS) is 29.6. The first-order valence-electron chi connectivity index (χ1n) is 10.3. The molecule has 2 aromatic rings. The highest BCUT2D eigenvalue weighted by Crippen LogP contribution is 2.60. The van der Waals surface area contributed by atoms with Gasteiger partial charge in [-0.25, -0.2) is 4.98 Å². The van der Waals surface area contributed by atoms with Crippen molar-refractivity contribution in [3.05, 3.63) is 42.2 Å². The Bertz CT molecular complexity index is 919. The monoisotopic (exact) mass is 410 g/mol. The molecule has 4 saturated carbocycles. The molecule has 4 aliphatic carbocycles. The van der Waals surface area contributed by atoms with Crippen LogP contribution >= 0.6 is 11.8 Å². The second kappa shape index (κ2) is 7.20. The van der Waals surface area contributed by atoms with E-state index in [0.717, 1.165) is 30.1 Å². The van der Waals surface area contributed by atoms with Crippen LogP contribution in [0.15, 0.2) is 41.8 Å². The van der Waals surface area contributed by atoms with Crippen LogP contribution < -0.4 is 10.9 Å². The van der Waals surface area contributed by atoms with Gasteiger partial charge in [0.15, 0.2) is 5.16 Å². The van der Waals surface area contributed by atoms with Gasteiger partial charge in [-0.05, 0) is 80.7 Å². The van der Waals surface area contributed by atoms with E-state index in [2.05, 4.69) is 15.8 Å². The second-order valence-electron chi connectivity index (χ2n) is 8.94. The lowest BCUT2D eigenvalue weighted by Crippen LogP contribution is -2.56. The van der Waals surface area contributed by atoms with Gasteiger partial charge in [-0.1, -0.05) is 17.8 Å². The lowest BCUT2D eigenvalue weighted by atomic mass is 9.49. The number of benzene rings is 1. The number of hydrazine groups is 1. The smallest absolute Gasteiger partial charge is 0.269 e. The molecule has 0 unspecified atom stereocenters. The van der Waals surface area contributed by atoms with E-state index in [-0.39, 0.29) is 17.2 Å². The van der Waals surface area contributed by atoms with Crippen LogP contribution in [-0.4, -0.2) is 27.6 Å². The summed E-state index contributed by atoms with van der Waals surface area (Å²) in [6.45, 7) is 0. The number of carbonyl (C=O) groups is 2. The zero-order valence-electron chi connectivity index (χ0n) is 16.6. The van der Waals surface area contributed by atoms with Gasteiger partial charge in [0, 0.05) is 23.6 Å². The van der Waals surface area contributed by atoms with E-state index >= 15 is 0 Å². The molecule has 4 fully saturated rings. The van der Waals surface area contributed by atoms with Crippen molar-refractivity contribution in [3.63, 3.8) is 0 Å². The third-order valence-corrected chi connectivity index (χ3v) is 7.65. The van der Waals surface area contributed by atoms with Crippen molar-refractivity contribution in [1.29, 1.82) is 0 Å². The summed E-state index contributed by atoms with van der Waals surface area (Å²) in [6, 6.07) is 7.35. The molecule has 29 heavy (non-hydrogen) atoms. The number of imidazole rings is 1. The van der Waals surface area contributed by atoms with Crippen molar-refractivity contribution in [2.45, 2.75) is 43.7 Å². The van der Waals surface area contributed by atoms with Crippen LogP contribution in [0.25, 0.3) is 5.69 Å². The zero-order chi connectivity index (χ0) is 20.0. The minimum Gasteiger partial charge on any atom is -0.295 e. The Morgan fingerprint density at radius 1 is 1.10 bits per heavy atom. The van der Waals surface area contributed by atoms with E-state index in [4.69, 9.17) is 0 Å². The van der Waals surface area contributed by atoms with Crippen LogP contribution in [-0.2, 0) is 4.79 Å². The molecule has 4 aliphatic rings. The topological polar surface area (TPSA) is 76.0 Å². The summed E-state index contributed by atoms with van der Waals surface area (Å²) in [6.07, 6.45) is 12.4. The van der Waals surface area contributed by atoms with Crippen LogP contribution in [0.3, 0.4) is 0 Å². The molecular formula is C22H26N4O2S. The number of hydrogen-bond donors (Lipinski definition) is 2. The van der Waals surface area contributed by atoms with E-state index in [0.29, 0.717) is 23.3 Å². The van der Waals surface area contributed by atoms with Crippen molar-refractivity contribution in [2.24, 2.45) is 23.2 Å². The molecule has 1 heterocycles. The van der Waals surface area contributed by atoms with Crippen molar-refractivity contribution in [3.8, 4) is 5.69 Å². The highest BCUT2D eigenvalue weighted by Gasteiger charge is 2.54. The predicted octanol–water partition coefficient (Wildman–Crippen LogP) is 3.57. The number of nitrogens with one attached hydrogen (secondary N) is 2. The fourth-order valence-electron chi connectivity index (χ4n) is 6.14. The molecule has 0 saturated heterocycles. The van der Waals surface area contributed by atoms with Gasteiger partial charge >= 0.3 is 0 Å². The first-order chi connectivity index (χ1) is 14.1. The Hall–Kier alpha value is -2.28. The van der Waals surface area contributed by atoms with Gasteiger partial charge in [-0.15, -0.1) is 0 Å². The van der Waals surface area contributed by atoms with Crippen molar-refractivity contribution < 1.29 is 9.59 Å². The molecule has 1 aromatic carbocycles. The Labute approximate surface area is 174 Å². The van der Waals surface area contributed by atoms with Gasteiger partial charge < -0.3 is 0 Å². The predicted molar refractivity (Wildman–Crippen MR) is 112 cm³/mol. The maximum Gasteiger partial charge on any atom is 0.269 e. The molecular weight excluding hydrogens is 384 g/mol. The average Bonchev–Trinajstić information content (AvgIpc) is 3.20. The standard InChI is InChI=1S/C22H26N4O2S/c1-29-21-23-5-6-26(21)18-4-2-3-17(10-18)19(27)24-25-20(28)22-11-14-7-15(12-22)9-16(8-14)13-22/h2-6,10,14-16H,7-9,11-13H2,1H3,(H,24,27)(H,25,28). The summed E-state index contributed by atoms with van der Waals surface area (Å²) < 4.78 is 1.94. The van der Waals surface area contributed by atoms with E-state index in [1.54, 1.807) is 24.0 Å². The van der Waals surface area contributed by atoms with Crippen LogP contribution in [0.4, 0.5) is 0 Å². The number of amides is 2. The number of hydrogen-bond acceptors (Lipinski definition) is 4. The fraction of sp³-hybridized carbons (Fsp3) is 0.500. The molecule has 6 rings (SSSR count). The van der Waals surface area contributed by atoms with Gasteiger partial charge in [0.25, 0.3) is 5.91 Å². The molecule has 4 bridgehead atoms. The summed E-state index contributed by atoms with van der Waals surface area (Å²) in [5.41, 5.74) is 6.52. The molecule has 2 amide bonds. The molecule has 7 heteroatoms. The van der Waals surface area contributed by atoms with Gasteiger partial charge in [-0.3, -0.25) is 25.0 Å². The third kappa shape index (κ3) is 3.35. The average molecular weight is 411 g/mol. The maximum absolute atomic E-state index is 13.0. The number of aromatic nitrogens is 2. The summed E-state index contributed by atoms with van der Waals surface area (Å²) in [4.78, 5) is 30.0. The van der Waals surface area contributed by atoms with Crippen LogP contribution in [0, 0.1) is 23.2 Å². The molecule has 1 aromatic heterocycles. The lowest BCUT2D eigenvalue weighted by molar-refractivity contribution is -0.147. The first kappa shape index (κ1) is 18.7. The highest BCUT2D eigenvalue weighted by atomic mass is 32.2. The summed E-state index contributed by atoms with van der Waals surface area (Å²) in [5, 5.41) is 0.859. The van der Waals surface area contributed by atoms with E-state index in [1.807, 2.05) is 35.2 Å². The second-order valence-corrected chi connectivity index (χ2v) is 9.71. The molecule has 0 aliphatic heterocycles. The lowest BCUT2D eigenvalue weighted by Gasteiger charge is -2.55. The Kier molecular flexibility index (Phi) is 4.65. The quantitative estimate of drug-likeness (QED) is 0.597. The maximum atomic E-state index is 13.0. The molecule has 2 N–H and O–H groups in total. The minimum atomic E-state index is -0.296. The molecule has 0 spiro atoms. The zero-order valence-corrected chi connectivity index (χ0v) is 17.4. The molecule has 0 radical (unpaired) electrons. The fourth-order valence-corrected chi connectivity index (χ4v) is 6.67. The largest absolute Gasteiger partial charge is 0.295 e. The van der Waals surface area contributed by atoms with E-state index < -0.39 is 0 Å². The Morgan fingerprint density at radius 2 is 1.79 bits per heavy atom. The van der Waals surface area contributed by atoms with E-state index in [1.165, 1.54) is 19.3 Å². The van der Waals surface area contributed by atoms with Gasteiger partial charge in [0.05, 0.1) is 5.41 Å². The van der Waals surface area contributed by atoms with Gasteiger partial charge in [0.2, 0.25) is 5.91 Å². The van der Waals surface area contributed by atoms with Gasteiger partial charge in [0.1, 0.15) is 0 Å². The third-order valence-electron chi connectivity index (χ3n) is 6.99. The SMILES string of the molecule is CSc1nccn1-c1cccc(C(=O)NNC(=O)C23CC4CC(CC(C4)C2)C3)c1. The highest BCUT2D eigenvalue weighted by molar-refractivity contribution is 7.98. The molecule has 152 valence electrons. The Morgan fingerprint density at radius 3 is 2.45 bits per heavy atom. The van der Waals surface area contributed by atoms with Crippen molar-refractivity contribution >= 4 is 23.6 Å². The summed E-state index contributed by atoms with van der Waals surface area (Å²) in [5.74, 6) is 1.79.